The molecule has 0 saturated heterocycles. The molecule has 0 saturated carbocycles. The number of fused-ring (bicyclic) bond motifs is 1. The summed E-state index contributed by atoms with van der Waals surface area (Å²) in [5.41, 5.74) is 2.49. The smallest absolute Gasteiger partial charge is 0.280 e. The van der Waals surface area contributed by atoms with Gasteiger partial charge in [-0.1, -0.05) is 11.2 Å². The second-order valence-electron chi connectivity index (χ2n) is 5.21. The Morgan fingerprint density at radius 2 is 2.13 bits per heavy atom. The van der Waals surface area contributed by atoms with Gasteiger partial charge in [0.1, 0.15) is 12.9 Å². The Hall–Kier alpha value is -2.76. The van der Waals surface area contributed by atoms with Crippen molar-refractivity contribution in [2.75, 3.05) is 20.8 Å². The fourth-order valence-corrected chi connectivity index (χ4v) is 2.68. The fraction of sp³-hybridized carbons (Fsp3) is 0.294. The monoisotopic (exact) mass is 314 g/mol. The lowest BCUT2D eigenvalue weighted by Crippen LogP contribution is -2.40. The number of ether oxygens (including phenoxy) is 1. The van der Waals surface area contributed by atoms with Crippen molar-refractivity contribution in [1.29, 1.82) is 0 Å². The zero-order valence-corrected chi connectivity index (χ0v) is 13.1. The van der Waals surface area contributed by atoms with Gasteiger partial charge < -0.3 is 18.9 Å². The molecule has 0 unspecified atom stereocenters. The van der Waals surface area contributed by atoms with Crippen LogP contribution >= 0.6 is 0 Å². The predicted octanol–water partition coefficient (Wildman–Crippen LogP) is 2.22. The molecule has 0 spiro atoms. The van der Waals surface area contributed by atoms with Crippen LogP contribution in [0.3, 0.4) is 0 Å². The number of nitrogens with zero attached hydrogens (tertiary/aromatic N) is 2. The molecule has 2 aromatic rings. The van der Waals surface area contributed by atoms with Crippen molar-refractivity contribution in [2.24, 2.45) is 5.16 Å². The lowest BCUT2D eigenvalue weighted by molar-refractivity contribution is -0.125. The van der Waals surface area contributed by atoms with Gasteiger partial charge in [-0.05, 0) is 41.8 Å². The first kappa shape index (κ1) is 15.1. The average Bonchev–Trinajstić information content (AvgIpc) is 3.12. The molecule has 23 heavy (non-hydrogen) atoms. The standard InChI is InChI=1S/C17H18N2O4/c1-21-14-6-5-12-7-8-19(11-13(12)10-14)17(20)16(18-22-2)15-4-3-9-23-15/h3-6,9-10H,7-8,11H2,1-2H3. The molecule has 120 valence electrons. The summed E-state index contributed by atoms with van der Waals surface area (Å²) in [6, 6.07) is 9.36. The van der Waals surface area contributed by atoms with Crippen molar-refractivity contribution in [2.45, 2.75) is 13.0 Å². The van der Waals surface area contributed by atoms with E-state index in [1.54, 1.807) is 24.1 Å². The van der Waals surface area contributed by atoms with Gasteiger partial charge >= 0.3 is 0 Å². The van der Waals surface area contributed by atoms with Gasteiger partial charge in [-0.15, -0.1) is 0 Å². The Morgan fingerprint density at radius 3 is 2.83 bits per heavy atom. The summed E-state index contributed by atoms with van der Waals surface area (Å²) >= 11 is 0. The van der Waals surface area contributed by atoms with Crippen LogP contribution in [0, 0.1) is 0 Å². The molecule has 0 aliphatic carbocycles. The summed E-state index contributed by atoms with van der Waals surface area (Å²) in [5, 5.41) is 3.84. The number of hydrogen-bond acceptors (Lipinski definition) is 5. The number of benzene rings is 1. The highest BCUT2D eigenvalue weighted by Gasteiger charge is 2.27. The summed E-state index contributed by atoms with van der Waals surface area (Å²) in [4.78, 5) is 19.3. The number of carbonyl (C=O) groups excluding carboxylic acids is 1. The second kappa shape index (κ2) is 6.56. The van der Waals surface area contributed by atoms with Crippen molar-refractivity contribution in [3.8, 4) is 5.75 Å². The first-order valence-corrected chi connectivity index (χ1v) is 7.33. The summed E-state index contributed by atoms with van der Waals surface area (Å²) in [7, 11) is 3.04. The van der Waals surface area contributed by atoms with Crippen LogP contribution in [-0.2, 0) is 22.6 Å². The largest absolute Gasteiger partial charge is 0.497 e. The summed E-state index contributed by atoms with van der Waals surface area (Å²) < 4.78 is 10.5. The van der Waals surface area contributed by atoms with Gasteiger partial charge in [0.05, 0.1) is 13.4 Å². The van der Waals surface area contributed by atoms with Crippen LogP contribution in [0.5, 0.6) is 5.75 Å². The number of hydrogen-bond donors (Lipinski definition) is 0. The van der Waals surface area contributed by atoms with Gasteiger partial charge in [0, 0.05) is 13.1 Å². The van der Waals surface area contributed by atoms with E-state index in [1.807, 2.05) is 18.2 Å². The van der Waals surface area contributed by atoms with E-state index in [-0.39, 0.29) is 11.6 Å². The van der Waals surface area contributed by atoms with Crippen molar-refractivity contribution >= 4 is 11.6 Å². The fourth-order valence-electron chi connectivity index (χ4n) is 2.68. The molecule has 3 rings (SSSR count). The number of amides is 1. The van der Waals surface area contributed by atoms with Gasteiger partial charge in [0.15, 0.2) is 5.76 Å². The van der Waals surface area contributed by atoms with Crippen molar-refractivity contribution in [1.82, 2.24) is 4.90 Å². The maximum absolute atomic E-state index is 12.8. The lowest BCUT2D eigenvalue weighted by Gasteiger charge is -2.29. The van der Waals surface area contributed by atoms with Gasteiger partial charge in [0.25, 0.3) is 5.91 Å². The number of methoxy groups -OCH3 is 1. The average molecular weight is 314 g/mol. The molecule has 0 bridgehead atoms. The number of oxime groups is 1. The number of carbonyl (C=O) groups is 1. The molecule has 1 aliphatic rings. The van der Waals surface area contributed by atoms with Gasteiger partial charge in [-0.2, -0.15) is 0 Å². The zero-order chi connectivity index (χ0) is 16.2. The van der Waals surface area contributed by atoms with E-state index in [2.05, 4.69) is 5.16 Å². The summed E-state index contributed by atoms with van der Waals surface area (Å²) in [5.74, 6) is 0.971. The predicted molar refractivity (Wildman–Crippen MR) is 84.4 cm³/mol. The Morgan fingerprint density at radius 1 is 1.26 bits per heavy atom. The van der Waals surface area contributed by atoms with Crippen LogP contribution in [-0.4, -0.2) is 37.3 Å². The molecule has 1 amide bonds. The second-order valence-corrected chi connectivity index (χ2v) is 5.21. The van der Waals surface area contributed by atoms with E-state index >= 15 is 0 Å². The Bertz CT molecular complexity index is 722. The minimum Gasteiger partial charge on any atom is -0.497 e. The molecule has 1 aromatic heterocycles. The SMILES string of the molecule is CON=C(C(=O)N1CCc2ccc(OC)cc2C1)c1ccco1. The van der Waals surface area contributed by atoms with Gasteiger partial charge in [-0.25, -0.2) is 0 Å². The first-order valence-electron chi connectivity index (χ1n) is 7.33. The van der Waals surface area contributed by atoms with Crippen LogP contribution in [0.15, 0.2) is 46.2 Å². The third kappa shape index (κ3) is 3.06. The van der Waals surface area contributed by atoms with Crippen molar-refractivity contribution in [3.63, 3.8) is 0 Å². The highest BCUT2D eigenvalue weighted by atomic mass is 16.6. The van der Waals surface area contributed by atoms with E-state index in [0.29, 0.717) is 18.8 Å². The highest BCUT2D eigenvalue weighted by Crippen LogP contribution is 2.24. The Balaban J connectivity index is 1.84. The van der Waals surface area contributed by atoms with Crippen molar-refractivity contribution in [3.05, 3.63) is 53.5 Å². The lowest BCUT2D eigenvalue weighted by atomic mass is 9.99. The summed E-state index contributed by atoms with van der Waals surface area (Å²) in [6.45, 7) is 1.14. The highest BCUT2D eigenvalue weighted by molar-refractivity contribution is 6.44. The molecular weight excluding hydrogens is 296 g/mol. The van der Waals surface area contributed by atoms with E-state index in [1.165, 1.54) is 18.9 Å². The maximum Gasteiger partial charge on any atom is 0.280 e. The van der Waals surface area contributed by atoms with Crippen LogP contribution in [0.4, 0.5) is 0 Å². The molecule has 2 heterocycles. The normalized spacial score (nSPS) is 14.3. The maximum atomic E-state index is 12.8. The minimum absolute atomic E-state index is 0.170. The van der Waals surface area contributed by atoms with Crippen LogP contribution in [0.1, 0.15) is 16.9 Å². The Labute approximate surface area is 134 Å². The molecular formula is C17H18N2O4. The third-order valence-electron chi connectivity index (χ3n) is 3.85. The first-order chi connectivity index (χ1) is 11.2. The third-order valence-corrected chi connectivity index (χ3v) is 3.85. The molecule has 0 fully saturated rings. The van der Waals surface area contributed by atoms with E-state index in [4.69, 9.17) is 14.0 Å². The van der Waals surface area contributed by atoms with E-state index in [0.717, 1.165) is 17.7 Å². The number of rotatable bonds is 4. The van der Waals surface area contributed by atoms with Crippen molar-refractivity contribution < 1.29 is 18.8 Å². The van der Waals surface area contributed by atoms with E-state index in [9.17, 15) is 4.79 Å². The van der Waals surface area contributed by atoms with Gasteiger partial charge in [0.2, 0.25) is 5.71 Å². The molecule has 0 atom stereocenters. The van der Waals surface area contributed by atoms with Crippen LogP contribution < -0.4 is 4.74 Å². The molecule has 1 aliphatic heterocycles. The minimum atomic E-state index is -0.213. The van der Waals surface area contributed by atoms with Crippen LogP contribution in [0.2, 0.25) is 0 Å². The summed E-state index contributed by atoms with van der Waals surface area (Å²) in [6.07, 6.45) is 2.30. The molecule has 0 radical (unpaired) electrons. The quantitative estimate of drug-likeness (QED) is 0.641. The van der Waals surface area contributed by atoms with Crippen LogP contribution in [0.25, 0.3) is 0 Å². The van der Waals surface area contributed by atoms with Gasteiger partial charge in [-0.3, -0.25) is 4.79 Å². The Kier molecular flexibility index (Phi) is 4.32. The topological polar surface area (TPSA) is 64.3 Å². The molecule has 0 N–H and O–H groups in total. The molecule has 1 aromatic carbocycles. The molecule has 6 nitrogen and oxygen atoms in total. The molecule has 6 heteroatoms. The zero-order valence-electron chi connectivity index (χ0n) is 13.1. The van der Waals surface area contributed by atoms with E-state index < -0.39 is 0 Å². The number of furan rings is 1.